The Labute approximate surface area is 155 Å². The van der Waals surface area contributed by atoms with E-state index in [4.69, 9.17) is 9.47 Å². The second-order valence-electron chi connectivity index (χ2n) is 6.69. The molecular formula is C24H23O2. The highest BCUT2D eigenvalue weighted by atomic mass is 16.6. The Morgan fingerprint density at radius 1 is 0.808 bits per heavy atom. The first-order valence-corrected chi connectivity index (χ1v) is 9.41. The van der Waals surface area contributed by atoms with Gasteiger partial charge >= 0.3 is 0 Å². The lowest BCUT2D eigenvalue weighted by Gasteiger charge is -2.26. The summed E-state index contributed by atoms with van der Waals surface area (Å²) in [5.74, 6) is 3.36. The Bertz CT molecular complexity index is 870. The Hall–Kier alpha value is -2.74. The predicted molar refractivity (Wildman–Crippen MR) is 104 cm³/mol. The third kappa shape index (κ3) is 3.32. The SMILES string of the molecule is CCCCCC(c1ccccc1)c1[c]ccc2c1Oc1ccccc1O2. The topological polar surface area (TPSA) is 18.5 Å². The van der Waals surface area contributed by atoms with Crippen LogP contribution in [-0.4, -0.2) is 0 Å². The van der Waals surface area contributed by atoms with Crippen LogP contribution in [0, 0.1) is 6.07 Å². The molecule has 4 rings (SSSR count). The molecule has 1 radical (unpaired) electrons. The third-order valence-electron chi connectivity index (χ3n) is 4.87. The van der Waals surface area contributed by atoms with Crippen LogP contribution in [0.25, 0.3) is 0 Å². The molecule has 3 aromatic rings. The van der Waals surface area contributed by atoms with Gasteiger partial charge in [0.15, 0.2) is 23.0 Å². The lowest BCUT2D eigenvalue weighted by atomic mass is 9.86. The lowest BCUT2D eigenvalue weighted by Crippen LogP contribution is -2.07. The van der Waals surface area contributed by atoms with E-state index in [-0.39, 0.29) is 5.92 Å². The number of unbranched alkanes of at least 4 members (excludes halogenated alkanes) is 2. The third-order valence-corrected chi connectivity index (χ3v) is 4.87. The van der Waals surface area contributed by atoms with Gasteiger partial charge in [-0.05, 0) is 36.2 Å². The maximum Gasteiger partial charge on any atom is 0.174 e. The molecule has 2 heteroatoms. The van der Waals surface area contributed by atoms with Gasteiger partial charge in [-0.25, -0.2) is 0 Å². The van der Waals surface area contributed by atoms with Crippen LogP contribution in [0.15, 0.2) is 66.7 Å². The first kappa shape index (κ1) is 16.7. The van der Waals surface area contributed by atoms with Crippen LogP contribution in [0.3, 0.4) is 0 Å². The molecule has 26 heavy (non-hydrogen) atoms. The summed E-state index contributed by atoms with van der Waals surface area (Å²) in [7, 11) is 0. The van der Waals surface area contributed by atoms with Gasteiger partial charge in [0.1, 0.15) is 0 Å². The fraction of sp³-hybridized carbons (Fsp3) is 0.250. The number of ether oxygens (including phenoxy) is 2. The number of hydrogen-bond donors (Lipinski definition) is 0. The molecule has 1 heterocycles. The molecule has 1 aliphatic rings. The van der Waals surface area contributed by atoms with Crippen molar-refractivity contribution < 1.29 is 9.47 Å². The number of hydrogen-bond acceptors (Lipinski definition) is 2. The van der Waals surface area contributed by atoms with Crippen molar-refractivity contribution in [3.8, 4) is 23.0 Å². The van der Waals surface area contributed by atoms with Crippen LogP contribution in [0.1, 0.15) is 49.7 Å². The maximum absolute atomic E-state index is 6.26. The van der Waals surface area contributed by atoms with Crippen molar-refractivity contribution in [2.75, 3.05) is 0 Å². The van der Waals surface area contributed by atoms with Gasteiger partial charge in [0.2, 0.25) is 0 Å². The highest BCUT2D eigenvalue weighted by Gasteiger charge is 2.26. The van der Waals surface area contributed by atoms with E-state index in [1.807, 2.05) is 36.4 Å². The van der Waals surface area contributed by atoms with Gasteiger partial charge in [-0.15, -0.1) is 0 Å². The molecule has 0 aromatic heterocycles. The molecule has 0 saturated carbocycles. The van der Waals surface area contributed by atoms with Gasteiger partial charge in [0, 0.05) is 11.5 Å². The zero-order chi connectivity index (χ0) is 17.8. The van der Waals surface area contributed by atoms with Crippen molar-refractivity contribution in [2.45, 2.75) is 38.5 Å². The smallest absolute Gasteiger partial charge is 0.174 e. The van der Waals surface area contributed by atoms with Gasteiger partial charge in [0.25, 0.3) is 0 Å². The lowest BCUT2D eigenvalue weighted by molar-refractivity contribution is 0.354. The van der Waals surface area contributed by atoms with Gasteiger partial charge in [-0.3, -0.25) is 0 Å². The second-order valence-corrected chi connectivity index (χ2v) is 6.69. The number of rotatable bonds is 6. The normalized spacial score (nSPS) is 13.1. The van der Waals surface area contributed by atoms with E-state index in [1.165, 1.54) is 24.8 Å². The largest absolute Gasteiger partial charge is 0.450 e. The van der Waals surface area contributed by atoms with Gasteiger partial charge in [-0.1, -0.05) is 74.7 Å². The van der Waals surface area contributed by atoms with E-state index in [0.717, 1.165) is 35.0 Å². The Morgan fingerprint density at radius 2 is 1.54 bits per heavy atom. The van der Waals surface area contributed by atoms with Gasteiger partial charge < -0.3 is 9.47 Å². The molecule has 0 fully saturated rings. The summed E-state index contributed by atoms with van der Waals surface area (Å²) >= 11 is 0. The van der Waals surface area contributed by atoms with Crippen molar-refractivity contribution >= 4 is 0 Å². The monoisotopic (exact) mass is 343 g/mol. The average Bonchev–Trinajstić information content (AvgIpc) is 2.70. The van der Waals surface area contributed by atoms with Gasteiger partial charge in [-0.2, -0.15) is 0 Å². The summed E-state index contributed by atoms with van der Waals surface area (Å²) in [6.07, 6.45) is 4.71. The van der Waals surface area contributed by atoms with Crippen molar-refractivity contribution in [1.82, 2.24) is 0 Å². The number of fused-ring (bicyclic) bond motifs is 2. The molecule has 2 nitrogen and oxygen atoms in total. The summed E-state index contributed by atoms with van der Waals surface area (Å²) in [5, 5.41) is 0. The molecule has 0 bridgehead atoms. The maximum atomic E-state index is 6.26. The molecule has 131 valence electrons. The number of para-hydroxylation sites is 2. The second kappa shape index (κ2) is 7.65. The molecule has 1 atom stereocenters. The summed E-state index contributed by atoms with van der Waals surface area (Å²) in [6, 6.07) is 25.8. The van der Waals surface area contributed by atoms with Crippen LogP contribution in [0.4, 0.5) is 0 Å². The highest BCUT2D eigenvalue weighted by molar-refractivity contribution is 5.58. The van der Waals surface area contributed by atoms with Crippen molar-refractivity contribution in [2.24, 2.45) is 0 Å². The molecule has 0 saturated heterocycles. The van der Waals surface area contributed by atoms with Crippen LogP contribution >= 0.6 is 0 Å². The minimum atomic E-state index is 0.256. The predicted octanol–water partition coefficient (Wildman–Crippen LogP) is 7.10. The minimum Gasteiger partial charge on any atom is -0.450 e. The van der Waals surface area contributed by atoms with E-state index in [2.05, 4.69) is 43.3 Å². The van der Waals surface area contributed by atoms with E-state index < -0.39 is 0 Å². The van der Waals surface area contributed by atoms with Gasteiger partial charge in [0.05, 0.1) is 0 Å². The highest BCUT2D eigenvalue weighted by Crippen LogP contribution is 2.49. The van der Waals surface area contributed by atoms with Crippen molar-refractivity contribution in [3.05, 3.63) is 83.9 Å². The van der Waals surface area contributed by atoms with Crippen molar-refractivity contribution in [1.29, 1.82) is 0 Å². The molecule has 3 aromatic carbocycles. The molecule has 0 aliphatic carbocycles. The molecular weight excluding hydrogens is 320 g/mol. The molecule has 0 amide bonds. The Kier molecular flexibility index (Phi) is 4.92. The Balaban J connectivity index is 1.73. The molecule has 1 aliphatic heterocycles. The van der Waals surface area contributed by atoms with Crippen LogP contribution in [0.5, 0.6) is 23.0 Å². The van der Waals surface area contributed by atoms with Crippen LogP contribution < -0.4 is 9.47 Å². The molecule has 0 N–H and O–H groups in total. The quantitative estimate of drug-likeness (QED) is 0.348. The zero-order valence-electron chi connectivity index (χ0n) is 15.1. The van der Waals surface area contributed by atoms with E-state index >= 15 is 0 Å². The fourth-order valence-electron chi connectivity index (χ4n) is 3.53. The summed E-state index contributed by atoms with van der Waals surface area (Å²) in [4.78, 5) is 0. The van der Waals surface area contributed by atoms with Crippen LogP contribution in [-0.2, 0) is 0 Å². The summed E-state index contributed by atoms with van der Waals surface area (Å²) in [6.45, 7) is 2.24. The molecule has 0 spiro atoms. The summed E-state index contributed by atoms with van der Waals surface area (Å²) < 4.78 is 12.3. The zero-order valence-corrected chi connectivity index (χ0v) is 15.1. The van der Waals surface area contributed by atoms with Crippen molar-refractivity contribution in [3.63, 3.8) is 0 Å². The van der Waals surface area contributed by atoms with Crippen LogP contribution in [0.2, 0.25) is 0 Å². The first-order chi connectivity index (χ1) is 12.9. The summed E-state index contributed by atoms with van der Waals surface area (Å²) in [5.41, 5.74) is 2.38. The average molecular weight is 343 g/mol. The number of benzene rings is 3. The standard InChI is InChI=1S/C24H23O2/c1-2-3-5-13-19(18-11-6-4-7-12-18)20-14-10-17-23-24(20)26-22-16-9-8-15-21(22)25-23/h4,6-12,15-17,19H,2-3,5,13H2,1H3. The van der Waals surface area contributed by atoms with E-state index in [1.54, 1.807) is 0 Å². The fourth-order valence-corrected chi connectivity index (χ4v) is 3.53. The Morgan fingerprint density at radius 3 is 2.31 bits per heavy atom. The van der Waals surface area contributed by atoms with E-state index in [9.17, 15) is 0 Å². The van der Waals surface area contributed by atoms with E-state index in [0.29, 0.717) is 0 Å². The molecule has 1 unspecified atom stereocenters. The minimum absolute atomic E-state index is 0.256. The first-order valence-electron chi connectivity index (χ1n) is 9.41.